The number of rotatable bonds is 6. The molecule has 0 radical (unpaired) electrons. The van der Waals surface area contributed by atoms with Crippen LogP contribution in [0.25, 0.3) is 38.6 Å². The highest BCUT2D eigenvalue weighted by Crippen LogP contribution is 2.36. The van der Waals surface area contributed by atoms with E-state index in [2.05, 4.69) is 156 Å². The van der Waals surface area contributed by atoms with Crippen molar-refractivity contribution in [3.05, 3.63) is 187 Å². The van der Waals surface area contributed by atoms with E-state index in [1.165, 1.54) is 20.7 Å². The molecule has 3 nitrogen and oxygen atoms in total. The third-order valence-corrected chi connectivity index (χ3v) is 14.2. The Balaban J connectivity index is 1.38. The molecule has 0 aliphatic heterocycles. The van der Waals surface area contributed by atoms with Crippen LogP contribution in [-0.2, 0) is 0 Å². The van der Waals surface area contributed by atoms with Crippen molar-refractivity contribution in [3.63, 3.8) is 0 Å². The Morgan fingerprint density at radius 1 is 0.396 bits per heavy atom. The van der Waals surface area contributed by atoms with Crippen LogP contribution in [0.3, 0.4) is 0 Å². The van der Waals surface area contributed by atoms with E-state index in [1.54, 1.807) is 0 Å². The smallest absolute Gasteiger partial charge is 0.179 e. The molecule has 1 heterocycles. The van der Waals surface area contributed by atoms with E-state index in [0.29, 0.717) is 16.8 Å². The van der Waals surface area contributed by atoms with Crippen LogP contribution in [0.4, 0.5) is 0 Å². The first-order chi connectivity index (χ1) is 23.7. The molecule has 7 aromatic carbocycles. The van der Waals surface area contributed by atoms with Gasteiger partial charge >= 0.3 is 0 Å². The Morgan fingerprint density at radius 2 is 0.812 bits per heavy atom. The molecule has 48 heavy (non-hydrogen) atoms. The fraction of sp³-hybridized carbons (Fsp3) is 0. The van der Waals surface area contributed by atoms with Gasteiger partial charge in [-0.1, -0.05) is 152 Å². The summed E-state index contributed by atoms with van der Waals surface area (Å²) in [5.74, 6) is 0. The lowest BCUT2D eigenvalue weighted by Crippen LogP contribution is -2.74. The summed E-state index contributed by atoms with van der Waals surface area (Å²) in [5.41, 5.74) is 5.26. The SMILES string of the molecule is N#Cc1cc(-c2cccc([Si](c3ccccc3)(c3ccccc3)c3ccccc3)c2)cc(C#N)c1-n1c2ccccc2c2ccccc21. The molecule has 0 saturated heterocycles. The van der Waals surface area contributed by atoms with Gasteiger partial charge in [0.25, 0.3) is 0 Å². The summed E-state index contributed by atoms with van der Waals surface area (Å²) in [5, 5.41) is 28.5. The summed E-state index contributed by atoms with van der Waals surface area (Å²) in [4.78, 5) is 0. The Hall–Kier alpha value is -6.46. The second kappa shape index (κ2) is 12.0. The maximum Gasteiger partial charge on any atom is 0.179 e. The van der Waals surface area contributed by atoms with E-state index < -0.39 is 8.07 Å². The van der Waals surface area contributed by atoms with Gasteiger partial charge in [-0.05, 0) is 56.1 Å². The lowest BCUT2D eigenvalue weighted by atomic mass is 9.98. The standard InChI is InChI=1S/C44H29N3Si/c45-30-34-27-33(28-35(31-46)44(34)47-42-25-12-10-23-40(42)41-24-11-13-26-43(41)47)32-15-14-22-39(29-32)48(36-16-4-1-5-17-36,37-18-6-2-7-19-37)38-20-8-3-9-21-38/h1-29H. The number of hydrogen-bond donors (Lipinski definition) is 0. The van der Waals surface area contributed by atoms with Crippen molar-refractivity contribution >= 4 is 50.6 Å². The summed E-state index contributed by atoms with van der Waals surface area (Å²) in [6.07, 6.45) is 0. The number of nitriles is 2. The molecule has 0 saturated carbocycles. The van der Waals surface area contributed by atoms with Gasteiger partial charge in [0.15, 0.2) is 8.07 Å². The molecule has 0 amide bonds. The van der Waals surface area contributed by atoms with Crippen LogP contribution in [0.2, 0.25) is 0 Å². The summed E-state index contributed by atoms with van der Waals surface area (Å²) in [6, 6.07) is 66.3. The molecule has 1 aromatic heterocycles. The van der Waals surface area contributed by atoms with Gasteiger partial charge in [-0.2, -0.15) is 10.5 Å². The fourth-order valence-electron chi connectivity index (χ4n) is 7.37. The van der Waals surface area contributed by atoms with Crippen molar-refractivity contribution in [1.29, 1.82) is 10.5 Å². The van der Waals surface area contributed by atoms with Gasteiger partial charge in [0.05, 0.1) is 27.8 Å². The molecule has 0 aliphatic rings. The van der Waals surface area contributed by atoms with Crippen LogP contribution in [0, 0.1) is 22.7 Å². The zero-order valence-corrected chi connectivity index (χ0v) is 27.1. The normalized spacial score (nSPS) is 11.3. The molecule has 0 bridgehead atoms. The van der Waals surface area contributed by atoms with Crippen LogP contribution in [-0.4, -0.2) is 12.6 Å². The highest BCUT2D eigenvalue weighted by atomic mass is 28.3. The molecule has 224 valence electrons. The first-order valence-electron chi connectivity index (χ1n) is 16.0. The van der Waals surface area contributed by atoms with Gasteiger partial charge in [-0.15, -0.1) is 0 Å². The Bertz CT molecular complexity index is 2340. The molecular formula is C44H29N3Si. The van der Waals surface area contributed by atoms with Crippen molar-refractivity contribution in [2.45, 2.75) is 0 Å². The van der Waals surface area contributed by atoms with Crippen LogP contribution < -0.4 is 20.7 Å². The lowest BCUT2D eigenvalue weighted by Gasteiger charge is -2.34. The van der Waals surface area contributed by atoms with Crippen molar-refractivity contribution in [2.24, 2.45) is 0 Å². The Labute approximate surface area is 280 Å². The number of hydrogen-bond acceptors (Lipinski definition) is 2. The van der Waals surface area contributed by atoms with Gasteiger partial charge in [-0.3, -0.25) is 0 Å². The molecule has 0 spiro atoms. The molecule has 0 atom stereocenters. The predicted molar refractivity (Wildman–Crippen MR) is 199 cm³/mol. The Kier molecular flexibility index (Phi) is 7.27. The van der Waals surface area contributed by atoms with Crippen LogP contribution in [0.5, 0.6) is 0 Å². The first-order valence-corrected chi connectivity index (χ1v) is 18.0. The molecule has 8 rings (SSSR count). The van der Waals surface area contributed by atoms with Crippen molar-refractivity contribution in [3.8, 4) is 29.0 Å². The largest absolute Gasteiger partial charge is 0.307 e. The zero-order valence-electron chi connectivity index (χ0n) is 26.1. The summed E-state index contributed by atoms with van der Waals surface area (Å²) in [7, 11) is -2.76. The van der Waals surface area contributed by atoms with E-state index in [-0.39, 0.29) is 0 Å². The minimum atomic E-state index is -2.76. The summed E-state index contributed by atoms with van der Waals surface area (Å²) >= 11 is 0. The maximum atomic E-state index is 10.6. The number of nitrogens with zero attached hydrogens (tertiary/aromatic N) is 3. The third-order valence-electron chi connectivity index (χ3n) is 9.40. The fourth-order valence-corrected chi connectivity index (χ4v) is 12.2. The number of aromatic nitrogens is 1. The number of benzene rings is 7. The number of fused-ring (bicyclic) bond motifs is 3. The summed E-state index contributed by atoms with van der Waals surface area (Å²) in [6.45, 7) is 0. The monoisotopic (exact) mass is 627 g/mol. The zero-order chi connectivity index (χ0) is 32.5. The van der Waals surface area contributed by atoms with E-state index in [0.717, 1.165) is 32.9 Å². The minimum absolute atomic E-state index is 0.457. The molecule has 0 fully saturated rings. The molecule has 0 unspecified atom stereocenters. The second-order valence-electron chi connectivity index (χ2n) is 11.9. The van der Waals surface area contributed by atoms with E-state index in [4.69, 9.17) is 0 Å². The van der Waals surface area contributed by atoms with Crippen molar-refractivity contribution < 1.29 is 0 Å². The molecule has 8 aromatic rings. The Morgan fingerprint density at radius 3 is 1.27 bits per heavy atom. The van der Waals surface area contributed by atoms with Gasteiger partial charge in [-0.25, -0.2) is 0 Å². The van der Waals surface area contributed by atoms with Gasteiger partial charge < -0.3 is 4.57 Å². The van der Waals surface area contributed by atoms with Crippen LogP contribution in [0.1, 0.15) is 11.1 Å². The van der Waals surface area contributed by atoms with E-state index in [9.17, 15) is 10.5 Å². The van der Waals surface area contributed by atoms with Crippen molar-refractivity contribution in [1.82, 2.24) is 4.57 Å². The molecule has 0 N–H and O–H groups in total. The quantitative estimate of drug-likeness (QED) is 0.141. The minimum Gasteiger partial charge on any atom is -0.307 e. The first kappa shape index (κ1) is 29.0. The number of para-hydroxylation sites is 2. The van der Waals surface area contributed by atoms with Gasteiger partial charge in [0.2, 0.25) is 0 Å². The molecule has 4 heteroatoms. The van der Waals surface area contributed by atoms with E-state index in [1.807, 2.05) is 36.4 Å². The highest BCUT2D eigenvalue weighted by Gasteiger charge is 2.41. The van der Waals surface area contributed by atoms with E-state index >= 15 is 0 Å². The van der Waals surface area contributed by atoms with Crippen LogP contribution in [0.15, 0.2) is 176 Å². The predicted octanol–water partition coefficient (Wildman–Crippen LogP) is 7.57. The topological polar surface area (TPSA) is 52.5 Å². The molecular weight excluding hydrogens is 599 g/mol. The highest BCUT2D eigenvalue weighted by molar-refractivity contribution is 7.19. The van der Waals surface area contributed by atoms with Gasteiger partial charge in [0, 0.05) is 10.8 Å². The molecule has 0 aliphatic carbocycles. The maximum absolute atomic E-state index is 10.6. The van der Waals surface area contributed by atoms with Gasteiger partial charge in [0.1, 0.15) is 12.1 Å². The van der Waals surface area contributed by atoms with Crippen LogP contribution >= 0.6 is 0 Å². The second-order valence-corrected chi connectivity index (χ2v) is 15.8. The summed E-state index contributed by atoms with van der Waals surface area (Å²) < 4.78 is 2.07. The van der Waals surface area contributed by atoms with Crippen molar-refractivity contribution in [2.75, 3.05) is 0 Å². The lowest BCUT2D eigenvalue weighted by molar-refractivity contribution is 1.16. The average Bonchev–Trinajstić information content (AvgIpc) is 3.50. The average molecular weight is 628 g/mol. The third kappa shape index (κ3) is 4.55.